The zero-order chi connectivity index (χ0) is 15.8. The molecule has 0 bridgehead atoms. The number of nitriles is 1. The average Bonchev–Trinajstić information content (AvgIpc) is 3.24. The summed E-state index contributed by atoms with van der Waals surface area (Å²) in [6.45, 7) is 1.31. The smallest absolute Gasteiger partial charge is 0.263 e. The molecular weight excluding hydrogens is 330 g/mol. The zero-order valence-electron chi connectivity index (χ0n) is 12.7. The molecule has 23 heavy (non-hydrogen) atoms. The molecule has 120 valence electrons. The van der Waals surface area contributed by atoms with Gasteiger partial charge in [0.1, 0.15) is 4.83 Å². The molecule has 2 aromatic rings. The molecule has 7 heteroatoms. The van der Waals surface area contributed by atoms with Gasteiger partial charge in [0, 0.05) is 11.5 Å². The van der Waals surface area contributed by atoms with Crippen molar-refractivity contribution in [2.75, 3.05) is 12.4 Å². The Bertz CT molecular complexity index is 844. The first-order chi connectivity index (χ1) is 11.3. The Morgan fingerprint density at radius 2 is 2.35 bits per heavy atom. The van der Waals surface area contributed by atoms with Crippen LogP contribution in [0.25, 0.3) is 10.2 Å². The first-order valence-electron chi connectivity index (χ1n) is 7.94. The summed E-state index contributed by atoms with van der Waals surface area (Å²) in [5.74, 6) is 0.300. The lowest BCUT2D eigenvalue weighted by molar-refractivity contribution is 0.0937. The monoisotopic (exact) mass is 347 g/mol. The molecule has 4 rings (SSSR count). The van der Waals surface area contributed by atoms with Crippen molar-refractivity contribution in [1.82, 2.24) is 9.55 Å². The summed E-state index contributed by atoms with van der Waals surface area (Å²) in [7, 11) is 0. The van der Waals surface area contributed by atoms with Gasteiger partial charge in [0.2, 0.25) is 0 Å². The Balaban J connectivity index is 1.83. The first-order valence-corrected chi connectivity index (χ1v) is 9.74. The fourth-order valence-corrected chi connectivity index (χ4v) is 5.39. The Morgan fingerprint density at radius 1 is 1.43 bits per heavy atom. The summed E-state index contributed by atoms with van der Waals surface area (Å²) in [4.78, 5) is 20.0. The zero-order valence-corrected chi connectivity index (χ0v) is 14.3. The van der Waals surface area contributed by atoms with Crippen molar-refractivity contribution in [2.24, 2.45) is 0 Å². The highest BCUT2D eigenvalue weighted by Gasteiger charge is 2.25. The second kappa shape index (κ2) is 6.27. The molecule has 2 aliphatic rings. The third-order valence-electron chi connectivity index (χ3n) is 4.47. The fourth-order valence-electron chi connectivity index (χ4n) is 3.42. The van der Waals surface area contributed by atoms with Crippen molar-refractivity contribution in [1.29, 1.82) is 5.26 Å². The molecule has 0 aromatic carbocycles. The standard InChI is InChI=1S/C16H17N3O2S2/c17-6-8-22-16-18-14-13(11-4-1-5-12(11)23-14)15(20)19(16)9-10-3-2-7-21-10/h10H,1-5,7-9H2/t10-/m0/s1. The van der Waals surface area contributed by atoms with Gasteiger partial charge in [0.15, 0.2) is 5.16 Å². The number of thioether (sulfide) groups is 1. The van der Waals surface area contributed by atoms with Crippen LogP contribution in [0.3, 0.4) is 0 Å². The molecule has 1 fully saturated rings. The second-order valence-electron chi connectivity index (χ2n) is 5.93. The SMILES string of the molecule is N#CCSc1nc2sc3c(c2c(=O)n1C[C@@H]1CCCO1)CCC3. The first kappa shape index (κ1) is 15.2. The van der Waals surface area contributed by atoms with Crippen molar-refractivity contribution < 1.29 is 4.74 Å². The lowest BCUT2D eigenvalue weighted by Gasteiger charge is -2.15. The van der Waals surface area contributed by atoms with Crippen molar-refractivity contribution in [3.63, 3.8) is 0 Å². The summed E-state index contributed by atoms with van der Waals surface area (Å²) < 4.78 is 7.44. The number of ether oxygens (including phenoxy) is 1. The molecule has 1 aliphatic carbocycles. The largest absolute Gasteiger partial charge is 0.376 e. The number of aryl methyl sites for hydroxylation is 2. The van der Waals surface area contributed by atoms with Crippen LogP contribution in [0.2, 0.25) is 0 Å². The minimum absolute atomic E-state index is 0.0466. The number of nitrogens with zero attached hydrogens (tertiary/aromatic N) is 3. The van der Waals surface area contributed by atoms with E-state index in [0.29, 0.717) is 17.5 Å². The molecule has 1 saturated heterocycles. The van der Waals surface area contributed by atoms with E-state index >= 15 is 0 Å². The van der Waals surface area contributed by atoms with Crippen molar-refractivity contribution in [3.05, 3.63) is 20.8 Å². The summed E-state index contributed by atoms with van der Waals surface area (Å²) >= 11 is 2.99. The van der Waals surface area contributed by atoms with E-state index in [2.05, 4.69) is 6.07 Å². The van der Waals surface area contributed by atoms with Gasteiger partial charge in [0.25, 0.3) is 5.56 Å². The molecule has 0 unspecified atom stereocenters. The molecule has 0 amide bonds. The van der Waals surface area contributed by atoms with Gasteiger partial charge >= 0.3 is 0 Å². The van der Waals surface area contributed by atoms with Gasteiger partial charge in [-0.3, -0.25) is 9.36 Å². The molecule has 5 nitrogen and oxygen atoms in total. The normalized spacial score (nSPS) is 20.0. The lowest BCUT2D eigenvalue weighted by atomic mass is 10.2. The van der Waals surface area contributed by atoms with E-state index in [1.807, 2.05) is 0 Å². The van der Waals surface area contributed by atoms with E-state index < -0.39 is 0 Å². The fraction of sp³-hybridized carbons (Fsp3) is 0.562. The molecule has 3 heterocycles. The second-order valence-corrected chi connectivity index (χ2v) is 7.96. The quantitative estimate of drug-likeness (QED) is 0.628. The Kier molecular flexibility index (Phi) is 4.14. The van der Waals surface area contributed by atoms with Crippen LogP contribution in [-0.2, 0) is 24.1 Å². The van der Waals surface area contributed by atoms with E-state index in [-0.39, 0.29) is 11.7 Å². The van der Waals surface area contributed by atoms with Gasteiger partial charge in [-0.15, -0.1) is 11.3 Å². The molecule has 1 atom stereocenters. The van der Waals surface area contributed by atoms with Crippen LogP contribution >= 0.6 is 23.1 Å². The number of fused-ring (bicyclic) bond motifs is 3. The van der Waals surface area contributed by atoms with Crippen molar-refractivity contribution in [3.8, 4) is 6.07 Å². The third kappa shape index (κ3) is 2.69. The Morgan fingerprint density at radius 3 is 3.13 bits per heavy atom. The maximum Gasteiger partial charge on any atom is 0.263 e. The number of aromatic nitrogens is 2. The number of rotatable bonds is 4. The van der Waals surface area contributed by atoms with Gasteiger partial charge in [-0.25, -0.2) is 4.98 Å². The Labute approximate surface area is 142 Å². The summed E-state index contributed by atoms with van der Waals surface area (Å²) in [5, 5.41) is 10.3. The highest BCUT2D eigenvalue weighted by Crippen LogP contribution is 2.35. The molecule has 1 aliphatic heterocycles. The molecule has 0 spiro atoms. The van der Waals surface area contributed by atoms with Gasteiger partial charge in [-0.2, -0.15) is 5.26 Å². The Hall–Kier alpha value is -1.36. The number of thiophene rings is 1. The predicted octanol–water partition coefficient (Wildman–Crippen LogP) is 2.74. The van der Waals surface area contributed by atoms with Crippen LogP contribution in [0, 0.1) is 11.3 Å². The third-order valence-corrected chi connectivity index (χ3v) is 6.49. The van der Waals surface area contributed by atoms with Crippen LogP contribution in [0.5, 0.6) is 0 Å². The van der Waals surface area contributed by atoms with E-state index in [4.69, 9.17) is 15.0 Å². The van der Waals surface area contributed by atoms with E-state index in [0.717, 1.165) is 48.9 Å². The van der Waals surface area contributed by atoms with E-state index in [9.17, 15) is 4.79 Å². The molecular formula is C16H17N3O2S2. The van der Waals surface area contributed by atoms with Gasteiger partial charge in [0.05, 0.1) is 29.9 Å². The molecule has 2 aromatic heterocycles. The van der Waals surface area contributed by atoms with Crippen molar-refractivity contribution in [2.45, 2.75) is 49.9 Å². The number of hydrogen-bond acceptors (Lipinski definition) is 6. The number of hydrogen-bond donors (Lipinski definition) is 0. The van der Waals surface area contributed by atoms with E-state index in [1.165, 1.54) is 22.2 Å². The van der Waals surface area contributed by atoms with Crippen LogP contribution in [0.15, 0.2) is 9.95 Å². The van der Waals surface area contributed by atoms with Gasteiger partial charge < -0.3 is 4.74 Å². The van der Waals surface area contributed by atoms with Crippen LogP contribution in [0.1, 0.15) is 29.7 Å². The predicted molar refractivity (Wildman–Crippen MR) is 91.2 cm³/mol. The van der Waals surface area contributed by atoms with Crippen LogP contribution in [-0.4, -0.2) is 28.0 Å². The van der Waals surface area contributed by atoms with Gasteiger partial charge in [-0.1, -0.05) is 11.8 Å². The van der Waals surface area contributed by atoms with Crippen molar-refractivity contribution >= 4 is 33.3 Å². The molecule has 0 saturated carbocycles. The maximum atomic E-state index is 13.1. The summed E-state index contributed by atoms with van der Waals surface area (Å²) in [6.07, 6.45) is 5.28. The minimum atomic E-state index is 0.0466. The topological polar surface area (TPSA) is 67.9 Å². The molecule has 0 N–H and O–H groups in total. The highest BCUT2D eigenvalue weighted by molar-refractivity contribution is 7.99. The van der Waals surface area contributed by atoms with Crippen LogP contribution < -0.4 is 5.56 Å². The average molecular weight is 347 g/mol. The van der Waals surface area contributed by atoms with E-state index in [1.54, 1.807) is 15.9 Å². The summed E-state index contributed by atoms with van der Waals surface area (Å²) in [6, 6.07) is 2.12. The molecule has 0 radical (unpaired) electrons. The van der Waals surface area contributed by atoms with Crippen LogP contribution in [0.4, 0.5) is 0 Å². The van der Waals surface area contributed by atoms with Gasteiger partial charge in [-0.05, 0) is 37.7 Å². The minimum Gasteiger partial charge on any atom is -0.376 e. The highest BCUT2D eigenvalue weighted by atomic mass is 32.2. The lowest BCUT2D eigenvalue weighted by Crippen LogP contribution is -2.28. The maximum absolute atomic E-state index is 13.1. The summed E-state index contributed by atoms with van der Waals surface area (Å²) in [5.41, 5.74) is 1.26.